The van der Waals surface area contributed by atoms with E-state index in [1.54, 1.807) is 19.5 Å². The Balaban J connectivity index is 1.57. The van der Waals surface area contributed by atoms with E-state index in [2.05, 4.69) is 44.1 Å². The van der Waals surface area contributed by atoms with E-state index < -0.39 is 0 Å². The second kappa shape index (κ2) is 6.95. The van der Waals surface area contributed by atoms with Crippen molar-refractivity contribution in [1.29, 1.82) is 0 Å². The first-order valence-corrected chi connectivity index (χ1v) is 9.88. The highest BCUT2D eigenvalue weighted by molar-refractivity contribution is 9.10. The highest BCUT2D eigenvalue weighted by Crippen LogP contribution is 2.48. The van der Waals surface area contributed by atoms with Crippen LogP contribution in [0.3, 0.4) is 0 Å². The van der Waals surface area contributed by atoms with Crippen LogP contribution in [-0.4, -0.2) is 22.8 Å². The summed E-state index contributed by atoms with van der Waals surface area (Å²) >= 11 is 3.59. The number of pyridine rings is 1. The maximum absolute atomic E-state index is 6.36. The Bertz CT molecular complexity index is 1040. The fourth-order valence-corrected chi connectivity index (χ4v) is 4.14. The molecule has 0 unspecified atom stereocenters. The van der Waals surface area contributed by atoms with Gasteiger partial charge in [0.15, 0.2) is 0 Å². The number of fused-ring (bicyclic) bond motifs is 3. The van der Waals surface area contributed by atoms with E-state index in [0.29, 0.717) is 0 Å². The standard InChI is InChI=1S/C22H18BrN3O2/c1-27-17-5-2-14(3-6-17)19-13-20-18-12-16(23)4-7-21(18)28-22(26(20)25-19)15-8-10-24-11-9-15/h2-12,20,22H,13H2,1H3/t20-,22-/m1/s1. The lowest BCUT2D eigenvalue weighted by Gasteiger charge is -2.38. The molecule has 2 atom stereocenters. The number of nitrogens with zero attached hydrogens (tertiary/aromatic N) is 3. The van der Waals surface area contributed by atoms with Crippen molar-refractivity contribution in [3.8, 4) is 11.5 Å². The summed E-state index contributed by atoms with van der Waals surface area (Å²) in [5.41, 5.74) is 4.32. The zero-order valence-electron chi connectivity index (χ0n) is 15.2. The van der Waals surface area contributed by atoms with Gasteiger partial charge in [-0.2, -0.15) is 5.10 Å². The molecule has 2 aromatic carbocycles. The minimum atomic E-state index is -0.280. The molecule has 0 radical (unpaired) electrons. The Morgan fingerprint density at radius 3 is 2.61 bits per heavy atom. The van der Waals surface area contributed by atoms with Gasteiger partial charge in [0, 0.05) is 34.4 Å². The van der Waals surface area contributed by atoms with Crippen molar-refractivity contribution in [3.05, 3.63) is 88.2 Å². The molecular weight excluding hydrogens is 418 g/mol. The van der Waals surface area contributed by atoms with Crippen LogP contribution in [0.2, 0.25) is 0 Å². The van der Waals surface area contributed by atoms with Crippen molar-refractivity contribution in [2.45, 2.75) is 18.7 Å². The summed E-state index contributed by atoms with van der Waals surface area (Å²) in [4.78, 5) is 4.13. The minimum absolute atomic E-state index is 0.122. The Morgan fingerprint density at radius 2 is 1.86 bits per heavy atom. The first-order valence-electron chi connectivity index (χ1n) is 9.09. The number of ether oxygens (including phenoxy) is 2. The Morgan fingerprint density at radius 1 is 1.07 bits per heavy atom. The van der Waals surface area contributed by atoms with Crippen molar-refractivity contribution in [1.82, 2.24) is 9.99 Å². The lowest BCUT2D eigenvalue weighted by Crippen LogP contribution is -2.33. The molecule has 2 aliphatic rings. The predicted molar refractivity (Wildman–Crippen MR) is 110 cm³/mol. The molecule has 3 heterocycles. The molecule has 0 N–H and O–H groups in total. The molecule has 0 spiro atoms. The Labute approximate surface area is 171 Å². The summed E-state index contributed by atoms with van der Waals surface area (Å²) < 4.78 is 12.7. The normalized spacial score (nSPS) is 20.1. The summed E-state index contributed by atoms with van der Waals surface area (Å²) in [6.45, 7) is 0. The maximum Gasteiger partial charge on any atom is 0.213 e. The first-order chi connectivity index (χ1) is 13.7. The van der Waals surface area contributed by atoms with Crippen LogP contribution < -0.4 is 9.47 Å². The molecule has 28 heavy (non-hydrogen) atoms. The molecule has 5 nitrogen and oxygen atoms in total. The van der Waals surface area contributed by atoms with Crippen LogP contribution in [0.15, 0.2) is 76.6 Å². The quantitative estimate of drug-likeness (QED) is 0.574. The van der Waals surface area contributed by atoms with Gasteiger partial charge in [0.05, 0.1) is 18.9 Å². The SMILES string of the molecule is COc1ccc(C2=NN3[C@H](C2)c2cc(Br)ccc2O[C@@H]3c2ccncc2)cc1. The van der Waals surface area contributed by atoms with E-state index >= 15 is 0 Å². The molecule has 1 aromatic heterocycles. The number of hydrogen-bond donors (Lipinski definition) is 0. The third-order valence-electron chi connectivity index (χ3n) is 5.17. The van der Waals surface area contributed by atoms with Crippen molar-refractivity contribution in [2.24, 2.45) is 5.10 Å². The van der Waals surface area contributed by atoms with Crippen molar-refractivity contribution in [3.63, 3.8) is 0 Å². The van der Waals surface area contributed by atoms with Gasteiger partial charge in [-0.3, -0.25) is 4.98 Å². The van der Waals surface area contributed by atoms with Gasteiger partial charge in [-0.05, 0) is 60.2 Å². The number of rotatable bonds is 3. The fourth-order valence-electron chi connectivity index (χ4n) is 3.76. The summed E-state index contributed by atoms with van der Waals surface area (Å²) in [6.07, 6.45) is 4.11. The molecule has 0 aliphatic carbocycles. The van der Waals surface area contributed by atoms with Crippen LogP contribution in [0.1, 0.15) is 35.4 Å². The summed E-state index contributed by atoms with van der Waals surface area (Å²) in [5.74, 6) is 1.74. The third-order valence-corrected chi connectivity index (χ3v) is 5.66. The summed E-state index contributed by atoms with van der Waals surface area (Å²) in [5, 5.41) is 7.04. The average Bonchev–Trinajstić information content (AvgIpc) is 3.20. The predicted octanol–water partition coefficient (Wildman–Crippen LogP) is 5.10. The molecule has 0 fully saturated rings. The highest BCUT2D eigenvalue weighted by Gasteiger charge is 2.41. The Kier molecular flexibility index (Phi) is 4.28. The zero-order valence-corrected chi connectivity index (χ0v) is 16.8. The van der Waals surface area contributed by atoms with E-state index in [1.165, 1.54) is 0 Å². The number of hydrazone groups is 1. The molecule has 0 saturated heterocycles. The number of hydrogen-bond acceptors (Lipinski definition) is 5. The molecular formula is C22H18BrN3O2. The van der Waals surface area contributed by atoms with Crippen LogP contribution in [0.5, 0.6) is 11.5 Å². The van der Waals surface area contributed by atoms with Crippen molar-refractivity contribution in [2.75, 3.05) is 7.11 Å². The molecule has 6 heteroatoms. The molecule has 5 rings (SSSR count). The monoisotopic (exact) mass is 435 g/mol. The second-order valence-corrected chi connectivity index (χ2v) is 7.72. The summed E-state index contributed by atoms with van der Waals surface area (Å²) in [7, 11) is 1.67. The van der Waals surface area contributed by atoms with Crippen molar-refractivity contribution < 1.29 is 9.47 Å². The fraction of sp³-hybridized carbons (Fsp3) is 0.182. The van der Waals surface area contributed by atoms with Crippen LogP contribution in [-0.2, 0) is 0 Å². The average molecular weight is 436 g/mol. The van der Waals surface area contributed by atoms with Crippen LogP contribution in [0.25, 0.3) is 0 Å². The molecule has 0 bridgehead atoms. The van der Waals surface area contributed by atoms with Gasteiger partial charge in [0.1, 0.15) is 11.5 Å². The minimum Gasteiger partial charge on any atom is -0.497 e. The molecule has 0 amide bonds. The van der Waals surface area contributed by atoms with Gasteiger partial charge in [-0.1, -0.05) is 15.9 Å². The van der Waals surface area contributed by atoms with Gasteiger partial charge in [-0.15, -0.1) is 0 Å². The first kappa shape index (κ1) is 17.3. The van der Waals surface area contributed by atoms with Crippen LogP contribution in [0.4, 0.5) is 0 Å². The van der Waals surface area contributed by atoms with E-state index in [-0.39, 0.29) is 12.3 Å². The van der Waals surface area contributed by atoms with Gasteiger partial charge >= 0.3 is 0 Å². The van der Waals surface area contributed by atoms with E-state index in [4.69, 9.17) is 14.6 Å². The molecule has 0 saturated carbocycles. The van der Waals surface area contributed by atoms with Crippen LogP contribution >= 0.6 is 15.9 Å². The molecule has 3 aromatic rings. The van der Waals surface area contributed by atoms with Gasteiger partial charge in [-0.25, -0.2) is 5.01 Å². The largest absolute Gasteiger partial charge is 0.497 e. The topological polar surface area (TPSA) is 47.0 Å². The van der Waals surface area contributed by atoms with Crippen LogP contribution in [0, 0.1) is 0 Å². The smallest absolute Gasteiger partial charge is 0.213 e. The number of benzene rings is 2. The number of methoxy groups -OCH3 is 1. The molecule has 140 valence electrons. The highest BCUT2D eigenvalue weighted by atomic mass is 79.9. The van der Waals surface area contributed by atoms with E-state index in [9.17, 15) is 0 Å². The Hall–Kier alpha value is -2.86. The molecule has 2 aliphatic heterocycles. The zero-order chi connectivity index (χ0) is 19.1. The van der Waals surface area contributed by atoms with Gasteiger partial charge < -0.3 is 9.47 Å². The second-order valence-electron chi connectivity index (χ2n) is 6.81. The maximum atomic E-state index is 6.36. The number of halogens is 1. The lowest BCUT2D eigenvalue weighted by molar-refractivity contribution is -0.0191. The van der Waals surface area contributed by atoms with Gasteiger partial charge in [0.25, 0.3) is 0 Å². The van der Waals surface area contributed by atoms with Crippen molar-refractivity contribution >= 4 is 21.6 Å². The summed E-state index contributed by atoms with van der Waals surface area (Å²) in [6, 6.07) is 18.3. The lowest BCUT2D eigenvalue weighted by atomic mass is 9.96. The van der Waals surface area contributed by atoms with Gasteiger partial charge in [0.2, 0.25) is 6.23 Å². The number of aromatic nitrogens is 1. The third kappa shape index (κ3) is 2.94. The van der Waals surface area contributed by atoms with E-state index in [1.807, 2.05) is 36.4 Å². The van der Waals surface area contributed by atoms with E-state index in [0.717, 1.165) is 44.8 Å².